The lowest BCUT2D eigenvalue weighted by Crippen LogP contribution is -2.40. The molecule has 18 heavy (non-hydrogen) atoms. The first-order valence-electron chi connectivity index (χ1n) is 6.24. The van der Waals surface area contributed by atoms with Crippen LogP contribution in [0.15, 0.2) is 16.7 Å². The van der Waals surface area contributed by atoms with Crippen molar-refractivity contribution in [3.8, 4) is 0 Å². The second-order valence-corrected chi connectivity index (χ2v) is 5.93. The Morgan fingerprint density at radius 1 is 1.50 bits per heavy atom. The van der Waals surface area contributed by atoms with Crippen molar-refractivity contribution in [1.82, 2.24) is 4.90 Å². The van der Waals surface area contributed by atoms with E-state index in [4.69, 9.17) is 10.2 Å². The molecule has 0 saturated carbocycles. The third-order valence-corrected chi connectivity index (χ3v) is 3.31. The highest BCUT2D eigenvalue weighted by Gasteiger charge is 2.24. The molecule has 1 amide bonds. The maximum absolute atomic E-state index is 12.1. The molecule has 1 atom stereocenters. The fourth-order valence-electron chi connectivity index (χ4n) is 1.57. The minimum Gasteiger partial charge on any atom is -0.469 e. The second kappa shape index (κ2) is 5.57. The van der Waals surface area contributed by atoms with Gasteiger partial charge in [0.2, 0.25) is 5.91 Å². The van der Waals surface area contributed by atoms with Crippen molar-refractivity contribution in [2.75, 3.05) is 7.05 Å². The van der Waals surface area contributed by atoms with Crippen molar-refractivity contribution in [2.24, 2.45) is 11.1 Å². The van der Waals surface area contributed by atoms with Crippen LogP contribution in [0.1, 0.15) is 38.5 Å². The van der Waals surface area contributed by atoms with E-state index in [9.17, 15) is 4.79 Å². The van der Waals surface area contributed by atoms with Crippen LogP contribution in [0.25, 0.3) is 0 Å². The van der Waals surface area contributed by atoms with E-state index in [0.29, 0.717) is 13.0 Å². The van der Waals surface area contributed by atoms with Crippen LogP contribution >= 0.6 is 0 Å². The Balaban J connectivity index is 2.55. The summed E-state index contributed by atoms with van der Waals surface area (Å²) >= 11 is 0. The van der Waals surface area contributed by atoms with Gasteiger partial charge in [-0.05, 0) is 18.4 Å². The average molecular weight is 252 g/mol. The number of hydrogen-bond acceptors (Lipinski definition) is 3. The highest BCUT2D eigenvalue weighted by Crippen LogP contribution is 2.20. The van der Waals surface area contributed by atoms with Gasteiger partial charge in [0.05, 0.1) is 6.26 Å². The van der Waals surface area contributed by atoms with Crippen LogP contribution in [0.5, 0.6) is 0 Å². The molecule has 4 nitrogen and oxygen atoms in total. The summed E-state index contributed by atoms with van der Waals surface area (Å²) in [6.45, 7) is 8.61. The summed E-state index contributed by atoms with van der Waals surface area (Å²) in [4.78, 5) is 13.8. The standard InChI is InChI=1S/C14H24N2O2/c1-10-11(6-7-18-10)9-16(5)13(17)8-12(15)14(2,3)4/h6-7,12H,8-9,15H2,1-5H3. The molecule has 1 unspecified atom stereocenters. The van der Waals surface area contributed by atoms with E-state index in [2.05, 4.69) is 0 Å². The summed E-state index contributed by atoms with van der Waals surface area (Å²) in [5, 5.41) is 0. The molecule has 0 aromatic carbocycles. The first-order valence-corrected chi connectivity index (χ1v) is 6.24. The van der Waals surface area contributed by atoms with Crippen molar-refractivity contribution in [3.63, 3.8) is 0 Å². The Kier molecular flexibility index (Phi) is 4.57. The Labute approximate surface area is 109 Å². The number of rotatable bonds is 4. The quantitative estimate of drug-likeness (QED) is 0.894. The van der Waals surface area contributed by atoms with Crippen LogP contribution in [-0.4, -0.2) is 23.9 Å². The van der Waals surface area contributed by atoms with E-state index in [0.717, 1.165) is 11.3 Å². The van der Waals surface area contributed by atoms with E-state index in [-0.39, 0.29) is 17.4 Å². The van der Waals surface area contributed by atoms with E-state index < -0.39 is 0 Å². The number of aryl methyl sites for hydroxylation is 1. The molecule has 1 rings (SSSR count). The molecule has 0 radical (unpaired) electrons. The lowest BCUT2D eigenvalue weighted by Gasteiger charge is -2.28. The summed E-state index contributed by atoms with van der Waals surface area (Å²) < 4.78 is 5.22. The normalized spacial score (nSPS) is 13.4. The smallest absolute Gasteiger partial charge is 0.224 e. The molecule has 0 bridgehead atoms. The zero-order chi connectivity index (χ0) is 13.9. The van der Waals surface area contributed by atoms with E-state index in [1.165, 1.54) is 0 Å². The Bertz CT molecular complexity index is 404. The van der Waals surface area contributed by atoms with Crippen molar-refractivity contribution in [3.05, 3.63) is 23.7 Å². The van der Waals surface area contributed by atoms with Gasteiger partial charge >= 0.3 is 0 Å². The lowest BCUT2D eigenvalue weighted by molar-refractivity contribution is -0.131. The molecule has 0 fully saturated rings. The predicted molar refractivity (Wildman–Crippen MR) is 72.0 cm³/mol. The topological polar surface area (TPSA) is 59.5 Å². The number of hydrogen-bond donors (Lipinski definition) is 1. The van der Waals surface area contributed by atoms with Gasteiger partial charge in [0.25, 0.3) is 0 Å². The van der Waals surface area contributed by atoms with Gasteiger partial charge in [-0.1, -0.05) is 20.8 Å². The zero-order valence-electron chi connectivity index (χ0n) is 12.0. The number of carbonyl (C=O) groups excluding carboxylic acids is 1. The molecule has 1 aromatic heterocycles. The third-order valence-electron chi connectivity index (χ3n) is 3.31. The van der Waals surface area contributed by atoms with Crippen LogP contribution in [0.4, 0.5) is 0 Å². The first-order chi connectivity index (χ1) is 8.21. The van der Waals surface area contributed by atoms with Gasteiger partial charge < -0.3 is 15.1 Å². The Morgan fingerprint density at radius 3 is 2.56 bits per heavy atom. The van der Waals surface area contributed by atoms with Gasteiger partial charge in [0.15, 0.2) is 0 Å². The van der Waals surface area contributed by atoms with Gasteiger partial charge in [0, 0.05) is 31.6 Å². The summed E-state index contributed by atoms with van der Waals surface area (Å²) in [7, 11) is 1.80. The van der Waals surface area contributed by atoms with E-state index in [1.807, 2.05) is 33.8 Å². The highest BCUT2D eigenvalue weighted by molar-refractivity contribution is 5.76. The average Bonchev–Trinajstić information content (AvgIpc) is 2.62. The van der Waals surface area contributed by atoms with Gasteiger partial charge in [-0.2, -0.15) is 0 Å². The Hall–Kier alpha value is -1.29. The number of furan rings is 1. The summed E-state index contributed by atoms with van der Waals surface area (Å²) in [6, 6.07) is 1.76. The molecule has 1 aromatic rings. The SMILES string of the molecule is Cc1occc1CN(C)C(=O)CC(N)C(C)(C)C. The van der Waals surface area contributed by atoms with Gasteiger partial charge in [-0.3, -0.25) is 4.79 Å². The highest BCUT2D eigenvalue weighted by atomic mass is 16.3. The number of carbonyl (C=O) groups is 1. The summed E-state index contributed by atoms with van der Waals surface area (Å²) in [6.07, 6.45) is 2.01. The molecule has 0 saturated heterocycles. The van der Waals surface area contributed by atoms with Crippen LogP contribution in [0.2, 0.25) is 0 Å². The molecule has 1 heterocycles. The molecule has 102 valence electrons. The lowest BCUT2D eigenvalue weighted by atomic mass is 9.85. The van der Waals surface area contributed by atoms with Crippen LogP contribution in [-0.2, 0) is 11.3 Å². The van der Waals surface area contributed by atoms with Crippen molar-refractivity contribution in [1.29, 1.82) is 0 Å². The third kappa shape index (κ3) is 3.88. The van der Waals surface area contributed by atoms with Gasteiger partial charge in [-0.15, -0.1) is 0 Å². The van der Waals surface area contributed by atoms with Crippen molar-refractivity contribution < 1.29 is 9.21 Å². The molecular formula is C14H24N2O2. The molecule has 0 spiro atoms. The van der Waals surface area contributed by atoms with E-state index >= 15 is 0 Å². The van der Waals surface area contributed by atoms with E-state index in [1.54, 1.807) is 18.2 Å². The fourth-order valence-corrected chi connectivity index (χ4v) is 1.57. The molecule has 4 heteroatoms. The monoisotopic (exact) mass is 252 g/mol. The Morgan fingerprint density at radius 2 is 2.11 bits per heavy atom. The number of amides is 1. The number of nitrogens with zero attached hydrogens (tertiary/aromatic N) is 1. The number of nitrogens with two attached hydrogens (primary N) is 1. The molecule has 2 N–H and O–H groups in total. The first kappa shape index (κ1) is 14.8. The van der Waals surface area contributed by atoms with Crippen LogP contribution in [0, 0.1) is 12.3 Å². The maximum Gasteiger partial charge on any atom is 0.224 e. The molecule has 0 aliphatic rings. The van der Waals surface area contributed by atoms with Gasteiger partial charge in [0.1, 0.15) is 5.76 Å². The summed E-state index contributed by atoms with van der Waals surface area (Å²) in [5.74, 6) is 0.924. The van der Waals surface area contributed by atoms with Crippen LogP contribution in [0.3, 0.4) is 0 Å². The molecule has 0 aliphatic heterocycles. The fraction of sp³-hybridized carbons (Fsp3) is 0.643. The summed E-state index contributed by atoms with van der Waals surface area (Å²) in [5.41, 5.74) is 7.01. The minimum absolute atomic E-state index is 0.0535. The largest absolute Gasteiger partial charge is 0.469 e. The van der Waals surface area contributed by atoms with Crippen molar-refractivity contribution >= 4 is 5.91 Å². The van der Waals surface area contributed by atoms with Crippen LogP contribution < -0.4 is 5.73 Å². The zero-order valence-corrected chi connectivity index (χ0v) is 12.0. The minimum atomic E-state index is -0.127. The molecular weight excluding hydrogens is 228 g/mol. The predicted octanol–water partition coefficient (Wildman–Crippen LogP) is 2.31. The second-order valence-electron chi connectivity index (χ2n) is 5.93. The van der Waals surface area contributed by atoms with Gasteiger partial charge in [-0.25, -0.2) is 0 Å². The maximum atomic E-state index is 12.1. The van der Waals surface area contributed by atoms with Crippen molar-refractivity contribution in [2.45, 2.75) is 46.7 Å². The molecule has 0 aliphatic carbocycles.